The van der Waals surface area contributed by atoms with Gasteiger partial charge in [-0.05, 0) is 49.1 Å². The average Bonchev–Trinajstić information content (AvgIpc) is 3.31. The van der Waals surface area contributed by atoms with Gasteiger partial charge in [-0.1, -0.05) is 17.4 Å². The number of esters is 1. The normalized spacial score (nSPS) is 16.6. The fourth-order valence-electron chi connectivity index (χ4n) is 3.12. The van der Waals surface area contributed by atoms with Crippen molar-refractivity contribution in [1.82, 2.24) is 9.55 Å². The Morgan fingerprint density at radius 3 is 2.79 bits per heavy atom. The molecule has 4 rings (SSSR count). The molecule has 0 saturated carbocycles. The van der Waals surface area contributed by atoms with Crippen molar-refractivity contribution >= 4 is 34.7 Å². The average molecular weight is 412 g/mol. The Bertz CT molecular complexity index is 1220. The van der Waals surface area contributed by atoms with Crippen LogP contribution in [0.5, 0.6) is 0 Å². The molecule has 0 spiro atoms. The maximum atomic E-state index is 13.3. The number of hydrogen-bond acceptors (Lipinski definition) is 7. The molecular weight excluding hydrogens is 394 g/mol. The number of allylic oxidation sites excluding steroid dienone is 1. The van der Waals surface area contributed by atoms with Gasteiger partial charge in [0, 0.05) is 17.3 Å². The number of carbonyl (C=O) groups is 1. The molecule has 1 aliphatic heterocycles. The highest BCUT2D eigenvalue weighted by molar-refractivity contribution is 7.10. The van der Waals surface area contributed by atoms with E-state index in [4.69, 9.17) is 4.74 Å². The van der Waals surface area contributed by atoms with E-state index in [9.17, 15) is 9.59 Å². The summed E-state index contributed by atoms with van der Waals surface area (Å²) >= 11 is 2.81. The molecule has 0 bridgehead atoms. The number of pyridine rings is 1. The summed E-state index contributed by atoms with van der Waals surface area (Å²) in [4.78, 5) is 35.9. The molecule has 6 nitrogen and oxygen atoms in total. The number of rotatable bonds is 4. The minimum Gasteiger partial charge on any atom is -0.463 e. The molecule has 0 N–H and O–H groups in total. The molecule has 8 heteroatoms. The molecule has 0 radical (unpaired) electrons. The Morgan fingerprint density at radius 1 is 1.32 bits per heavy atom. The van der Waals surface area contributed by atoms with Crippen molar-refractivity contribution in [3.63, 3.8) is 0 Å². The fraction of sp³-hybridized carbons (Fsp3) is 0.200. The molecule has 142 valence electrons. The van der Waals surface area contributed by atoms with Crippen molar-refractivity contribution in [3.8, 4) is 0 Å². The lowest BCUT2D eigenvalue weighted by Crippen LogP contribution is -2.39. The van der Waals surface area contributed by atoms with E-state index in [1.807, 2.05) is 35.7 Å². The lowest BCUT2D eigenvalue weighted by molar-refractivity contribution is -0.139. The van der Waals surface area contributed by atoms with Gasteiger partial charge in [-0.3, -0.25) is 14.3 Å². The molecule has 0 aromatic carbocycles. The second-order valence-corrected chi connectivity index (χ2v) is 8.09. The van der Waals surface area contributed by atoms with Gasteiger partial charge >= 0.3 is 5.97 Å². The minimum atomic E-state index is -0.533. The number of nitrogens with zero attached hydrogens (tertiary/aromatic N) is 3. The first-order valence-corrected chi connectivity index (χ1v) is 10.4. The van der Waals surface area contributed by atoms with E-state index >= 15 is 0 Å². The van der Waals surface area contributed by atoms with Gasteiger partial charge in [0.25, 0.3) is 5.56 Å². The first-order chi connectivity index (χ1) is 13.6. The van der Waals surface area contributed by atoms with E-state index in [0.29, 0.717) is 20.6 Å². The van der Waals surface area contributed by atoms with Crippen molar-refractivity contribution < 1.29 is 9.53 Å². The van der Waals surface area contributed by atoms with Crippen molar-refractivity contribution in [1.29, 1.82) is 0 Å². The summed E-state index contributed by atoms with van der Waals surface area (Å²) in [6.45, 7) is 3.81. The first kappa shape index (κ1) is 18.5. The van der Waals surface area contributed by atoms with Crippen LogP contribution in [0.1, 0.15) is 30.3 Å². The van der Waals surface area contributed by atoms with Gasteiger partial charge in [-0.2, -0.15) is 0 Å². The van der Waals surface area contributed by atoms with Crippen LogP contribution >= 0.6 is 22.7 Å². The van der Waals surface area contributed by atoms with Gasteiger partial charge < -0.3 is 4.74 Å². The number of aromatic nitrogens is 2. The summed E-state index contributed by atoms with van der Waals surface area (Å²) in [5.74, 6) is -0.439. The third kappa shape index (κ3) is 3.25. The monoisotopic (exact) mass is 411 g/mol. The molecule has 0 unspecified atom stereocenters. The van der Waals surface area contributed by atoms with Crippen molar-refractivity contribution in [3.05, 3.63) is 83.4 Å². The van der Waals surface area contributed by atoms with Crippen molar-refractivity contribution in [2.24, 2.45) is 4.99 Å². The second-order valence-electron chi connectivity index (χ2n) is 6.10. The first-order valence-electron chi connectivity index (χ1n) is 8.73. The number of hydrogen-bond donors (Lipinski definition) is 0. The molecule has 0 amide bonds. The summed E-state index contributed by atoms with van der Waals surface area (Å²) in [6, 6.07) is 6.97. The van der Waals surface area contributed by atoms with Gasteiger partial charge in [-0.25, -0.2) is 9.79 Å². The summed E-state index contributed by atoms with van der Waals surface area (Å²) in [7, 11) is 0. The predicted octanol–water partition coefficient (Wildman–Crippen LogP) is 2.25. The highest BCUT2D eigenvalue weighted by Gasteiger charge is 2.33. The maximum Gasteiger partial charge on any atom is 0.338 e. The van der Waals surface area contributed by atoms with E-state index in [1.54, 1.807) is 30.8 Å². The highest BCUT2D eigenvalue weighted by atomic mass is 32.1. The molecule has 1 aliphatic rings. The van der Waals surface area contributed by atoms with Gasteiger partial charge in [0.15, 0.2) is 4.80 Å². The third-order valence-corrected chi connectivity index (χ3v) is 6.24. The molecule has 1 atom stereocenters. The Hall–Kier alpha value is -2.84. The van der Waals surface area contributed by atoms with Gasteiger partial charge in [0.1, 0.15) is 6.04 Å². The lowest BCUT2D eigenvalue weighted by Gasteiger charge is -2.23. The molecular formula is C20H17N3O3S2. The van der Waals surface area contributed by atoms with Crippen LogP contribution in [0.15, 0.2) is 63.1 Å². The van der Waals surface area contributed by atoms with Gasteiger partial charge in [0.05, 0.1) is 22.4 Å². The molecule has 3 aromatic rings. The van der Waals surface area contributed by atoms with Gasteiger partial charge in [0.2, 0.25) is 0 Å². The smallest absolute Gasteiger partial charge is 0.338 e. The standard InChI is InChI=1S/C20H17N3O3S2/c1-3-26-19(25)16-12(2)22-20-23(17(16)14-5-4-10-27-14)18(24)15(28-20)11-13-6-8-21-9-7-13/h4-11,17H,3H2,1-2H3/b15-11-/t17-/m0/s1. The molecule has 28 heavy (non-hydrogen) atoms. The number of thiazole rings is 1. The van der Waals surface area contributed by atoms with E-state index in [-0.39, 0.29) is 12.2 Å². The van der Waals surface area contributed by atoms with Crippen LogP contribution in [0.25, 0.3) is 6.08 Å². The van der Waals surface area contributed by atoms with Crippen LogP contribution in [0.4, 0.5) is 0 Å². The van der Waals surface area contributed by atoms with Crippen LogP contribution in [-0.4, -0.2) is 22.1 Å². The Labute approximate surface area is 168 Å². The Kier molecular flexibility index (Phi) is 5.06. The van der Waals surface area contributed by atoms with Crippen LogP contribution in [-0.2, 0) is 9.53 Å². The van der Waals surface area contributed by atoms with E-state index < -0.39 is 12.0 Å². The third-order valence-electron chi connectivity index (χ3n) is 4.33. The maximum absolute atomic E-state index is 13.3. The summed E-state index contributed by atoms with van der Waals surface area (Å²) in [5.41, 5.74) is 1.70. The van der Waals surface area contributed by atoms with Gasteiger partial charge in [-0.15, -0.1) is 11.3 Å². The van der Waals surface area contributed by atoms with E-state index in [1.165, 1.54) is 22.7 Å². The minimum absolute atomic E-state index is 0.173. The molecule has 4 heterocycles. The SMILES string of the molecule is CCOC(=O)C1=C(C)N=c2s/c(=C\c3ccncc3)c(=O)n2[C@H]1c1cccs1. The quantitative estimate of drug-likeness (QED) is 0.618. The molecule has 3 aromatic heterocycles. The number of carbonyl (C=O) groups excluding carboxylic acids is 1. The lowest BCUT2D eigenvalue weighted by atomic mass is 10.0. The van der Waals surface area contributed by atoms with Crippen LogP contribution in [0.2, 0.25) is 0 Å². The summed E-state index contributed by atoms with van der Waals surface area (Å²) < 4.78 is 7.42. The fourth-order valence-corrected chi connectivity index (χ4v) is 4.99. The van der Waals surface area contributed by atoms with Crippen molar-refractivity contribution in [2.75, 3.05) is 6.61 Å². The second kappa shape index (κ2) is 7.65. The zero-order valence-corrected chi connectivity index (χ0v) is 16.9. The largest absolute Gasteiger partial charge is 0.463 e. The van der Waals surface area contributed by atoms with Crippen molar-refractivity contribution in [2.45, 2.75) is 19.9 Å². The molecule has 0 aliphatic carbocycles. The summed E-state index contributed by atoms with van der Waals surface area (Å²) in [5, 5.41) is 1.93. The Morgan fingerprint density at radius 2 is 2.11 bits per heavy atom. The van der Waals surface area contributed by atoms with Crippen LogP contribution in [0, 0.1) is 0 Å². The Balaban J connectivity index is 1.95. The zero-order chi connectivity index (χ0) is 19.7. The number of ether oxygens (including phenoxy) is 1. The summed E-state index contributed by atoms with van der Waals surface area (Å²) in [6.07, 6.45) is 5.18. The highest BCUT2D eigenvalue weighted by Crippen LogP contribution is 2.33. The predicted molar refractivity (Wildman–Crippen MR) is 109 cm³/mol. The molecule has 0 fully saturated rings. The number of thiophene rings is 1. The van der Waals surface area contributed by atoms with Crippen LogP contribution in [0.3, 0.4) is 0 Å². The zero-order valence-electron chi connectivity index (χ0n) is 15.3. The molecule has 0 saturated heterocycles. The number of fused-ring (bicyclic) bond motifs is 1. The topological polar surface area (TPSA) is 73.6 Å². The van der Waals surface area contributed by atoms with E-state index in [2.05, 4.69) is 9.98 Å². The van der Waals surface area contributed by atoms with E-state index in [0.717, 1.165) is 10.4 Å². The van der Waals surface area contributed by atoms with Crippen LogP contribution < -0.4 is 14.9 Å².